The van der Waals surface area contributed by atoms with E-state index < -0.39 is 6.09 Å². The first-order valence-electron chi connectivity index (χ1n) is 3.14. The van der Waals surface area contributed by atoms with Crippen LogP contribution in [-0.2, 0) is 4.84 Å². The first-order valence-corrected chi connectivity index (χ1v) is 3.14. The van der Waals surface area contributed by atoms with Crippen molar-refractivity contribution in [1.82, 2.24) is 5.06 Å². The molecule has 2 atom stereocenters. The number of hydrogen-bond acceptors (Lipinski definition) is 2. The Bertz CT molecular complexity index is 201. The van der Waals surface area contributed by atoms with E-state index in [0.717, 1.165) is 11.5 Å². The maximum absolute atomic E-state index is 10.4. The van der Waals surface area contributed by atoms with Crippen molar-refractivity contribution < 1.29 is 14.7 Å². The van der Waals surface area contributed by atoms with Gasteiger partial charge in [0.25, 0.3) is 0 Å². The van der Waals surface area contributed by atoms with Crippen LogP contribution in [0.4, 0.5) is 4.79 Å². The molecule has 4 nitrogen and oxygen atoms in total. The zero-order valence-corrected chi connectivity index (χ0v) is 5.23. The van der Waals surface area contributed by atoms with Gasteiger partial charge >= 0.3 is 6.09 Å². The molecule has 2 rings (SSSR count). The molecule has 0 aromatic rings. The van der Waals surface area contributed by atoms with E-state index in [1.165, 1.54) is 0 Å². The second-order valence-electron chi connectivity index (χ2n) is 2.44. The van der Waals surface area contributed by atoms with Gasteiger partial charge < -0.3 is 5.11 Å². The highest BCUT2D eigenvalue weighted by Gasteiger charge is 2.38. The van der Waals surface area contributed by atoms with Gasteiger partial charge in [-0.25, -0.2) is 4.79 Å². The van der Waals surface area contributed by atoms with Crippen LogP contribution in [0.25, 0.3) is 0 Å². The van der Waals surface area contributed by atoms with Crippen LogP contribution >= 0.6 is 0 Å². The smallest absolute Gasteiger partial charge is 0.432 e. The Balaban J connectivity index is 2.16. The van der Waals surface area contributed by atoms with Gasteiger partial charge in [-0.3, -0.25) is 4.84 Å². The van der Waals surface area contributed by atoms with Crippen LogP contribution in [0.15, 0.2) is 12.2 Å². The van der Waals surface area contributed by atoms with Crippen molar-refractivity contribution in [3.8, 4) is 0 Å². The van der Waals surface area contributed by atoms with Crippen LogP contribution in [-0.4, -0.2) is 28.4 Å². The highest BCUT2D eigenvalue weighted by molar-refractivity contribution is 5.65. The van der Waals surface area contributed by atoms with Gasteiger partial charge in [0.1, 0.15) is 6.10 Å². The third-order valence-electron chi connectivity index (χ3n) is 1.76. The largest absolute Gasteiger partial charge is 0.463 e. The van der Waals surface area contributed by atoms with Gasteiger partial charge in [0.2, 0.25) is 0 Å². The molecular formula is C6H7NO3. The number of rotatable bonds is 0. The number of hydrogen-bond donors (Lipinski definition) is 1. The van der Waals surface area contributed by atoms with E-state index in [-0.39, 0.29) is 12.1 Å². The fourth-order valence-corrected chi connectivity index (χ4v) is 1.31. The fraction of sp³-hybridized carbons (Fsp3) is 0.500. The van der Waals surface area contributed by atoms with E-state index >= 15 is 0 Å². The molecule has 2 unspecified atom stereocenters. The summed E-state index contributed by atoms with van der Waals surface area (Å²) < 4.78 is 0. The lowest BCUT2D eigenvalue weighted by molar-refractivity contribution is -0.122. The van der Waals surface area contributed by atoms with E-state index in [4.69, 9.17) is 9.94 Å². The van der Waals surface area contributed by atoms with E-state index in [2.05, 4.69) is 0 Å². The lowest BCUT2D eigenvalue weighted by Gasteiger charge is -2.18. The molecule has 1 heterocycles. The first kappa shape index (κ1) is 5.73. The third kappa shape index (κ3) is 0.623. The van der Waals surface area contributed by atoms with Crippen molar-refractivity contribution in [1.29, 1.82) is 0 Å². The molecule has 2 aliphatic rings. The van der Waals surface area contributed by atoms with E-state index in [1.54, 1.807) is 0 Å². The topological polar surface area (TPSA) is 49.8 Å². The molecule has 1 aliphatic heterocycles. The highest BCUT2D eigenvalue weighted by Crippen LogP contribution is 2.28. The summed E-state index contributed by atoms with van der Waals surface area (Å²) >= 11 is 0. The van der Waals surface area contributed by atoms with Crippen molar-refractivity contribution >= 4 is 6.09 Å². The first-order chi connectivity index (χ1) is 4.77. The van der Waals surface area contributed by atoms with Gasteiger partial charge in [0.15, 0.2) is 0 Å². The molecule has 1 aliphatic carbocycles. The molecule has 1 amide bonds. The Morgan fingerprint density at radius 1 is 1.70 bits per heavy atom. The zero-order valence-electron chi connectivity index (χ0n) is 5.23. The lowest BCUT2D eigenvalue weighted by atomic mass is 10.3. The quantitative estimate of drug-likeness (QED) is 0.503. The summed E-state index contributed by atoms with van der Waals surface area (Å²) in [6, 6.07) is -0.0394. The summed E-state index contributed by atoms with van der Waals surface area (Å²) in [5.41, 5.74) is 0. The number of nitrogens with zero attached hydrogens (tertiary/aromatic N) is 1. The average Bonchev–Trinajstić information content (AvgIpc) is 2.44. The lowest BCUT2D eigenvalue weighted by Crippen LogP contribution is -2.33. The van der Waals surface area contributed by atoms with Crippen molar-refractivity contribution in [2.45, 2.75) is 18.6 Å². The van der Waals surface area contributed by atoms with E-state index in [1.807, 2.05) is 12.2 Å². The van der Waals surface area contributed by atoms with Gasteiger partial charge in [-0.2, -0.15) is 5.06 Å². The minimum Gasteiger partial charge on any atom is -0.463 e. The summed E-state index contributed by atoms with van der Waals surface area (Å²) in [7, 11) is 0. The summed E-state index contributed by atoms with van der Waals surface area (Å²) in [5.74, 6) is 0. The number of carbonyl (C=O) groups is 1. The highest BCUT2D eigenvalue weighted by atomic mass is 16.7. The molecule has 10 heavy (non-hydrogen) atoms. The van der Waals surface area contributed by atoms with Gasteiger partial charge in [0.05, 0.1) is 6.04 Å². The van der Waals surface area contributed by atoms with Gasteiger partial charge in [-0.05, 0) is 0 Å². The predicted molar refractivity (Wildman–Crippen MR) is 32.3 cm³/mol. The van der Waals surface area contributed by atoms with E-state index in [0.29, 0.717) is 0 Å². The van der Waals surface area contributed by atoms with Crippen LogP contribution in [0.3, 0.4) is 0 Å². The van der Waals surface area contributed by atoms with Crippen LogP contribution in [0.2, 0.25) is 0 Å². The average molecular weight is 141 g/mol. The molecule has 0 aromatic heterocycles. The normalized spacial score (nSPS) is 35.4. The van der Waals surface area contributed by atoms with Crippen molar-refractivity contribution in [3.05, 3.63) is 12.2 Å². The third-order valence-corrected chi connectivity index (χ3v) is 1.76. The Morgan fingerprint density at radius 3 is 2.80 bits per heavy atom. The molecular weight excluding hydrogens is 134 g/mol. The van der Waals surface area contributed by atoms with Gasteiger partial charge in [0, 0.05) is 6.42 Å². The zero-order chi connectivity index (χ0) is 7.14. The summed E-state index contributed by atoms with van der Waals surface area (Å²) in [6.07, 6.45) is 3.54. The van der Waals surface area contributed by atoms with Crippen molar-refractivity contribution in [2.24, 2.45) is 0 Å². The summed E-state index contributed by atoms with van der Waals surface area (Å²) in [6.45, 7) is 0. The maximum Gasteiger partial charge on any atom is 0.432 e. The molecule has 0 saturated carbocycles. The number of fused-ring (bicyclic) bond motifs is 2. The standard InChI is InChI=1S/C6H7NO3/c8-6(9)7-4-1-2-5(3-4)10-7/h1-2,4-5H,3H2,(H,8,9). The molecule has 0 aromatic carbocycles. The van der Waals surface area contributed by atoms with E-state index in [9.17, 15) is 4.79 Å². The second-order valence-corrected chi connectivity index (χ2v) is 2.44. The number of amides is 1. The predicted octanol–water partition coefficient (Wildman–Crippen LogP) is 0.609. The summed E-state index contributed by atoms with van der Waals surface area (Å²) in [4.78, 5) is 15.3. The Labute approximate surface area is 57.6 Å². The fourth-order valence-electron chi connectivity index (χ4n) is 1.31. The number of carboxylic acid groups (broad SMARTS) is 1. The molecule has 4 heteroatoms. The Hall–Kier alpha value is -1.03. The van der Waals surface area contributed by atoms with Gasteiger partial charge in [-0.15, -0.1) is 0 Å². The SMILES string of the molecule is O=C(O)N1OC2C=CC1C2. The molecule has 54 valence electrons. The molecule has 2 bridgehead atoms. The minimum atomic E-state index is -1.00. The number of hydroxylamine groups is 2. The Kier molecular flexibility index (Phi) is 0.990. The summed E-state index contributed by atoms with van der Waals surface area (Å²) in [5, 5.41) is 9.51. The Morgan fingerprint density at radius 2 is 2.50 bits per heavy atom. The van der Waals surface area contributed by atoms with Crippen LogP contribution in [0.5, 0.6) is 0 Å². The van der Waals surface area contributed by atoms with Crippen LogP contribution in [0, 0.1) is 0 Å². The van der Waals surface area contributed by atoms with Crippen LogP contribution < -0.4 is 0 Å². The van der Waals surface area contributed by atoms with Crippen LogP contribution in [0.1, 0.15) is 6.42 Å². The van der Waals surface area contributed by atoms with Crippen molar-refractivity contribution in [2.75, 3.05) is 0 Å². The molecule has 0 radical (unpaired) electrons. The monoisotopic (exact) mass is 141 g/mol. The molecule has 0 spiro atoms. The second kappa shape index (κ2) is 1.73. The molecule has 1 saturated heterocycles. The van der Waals surface area contributed by atoms with Crippen molar-refractivity contribution in [3.63, 3.8) is 0 Å². The minimum absolute atomic E-state index is 0.00102. The van der Waals surface area contributed by atoms with Gasteiger partial charge in [-0.1, -0.05) is 12.2 Å². The molecule has 1 fully saturated rings. The maximum atomic E-state index is 10.4. The molecule has 1 N–H and O–H groups in total.